The van der Waals surface area contributed by atoms with Gasteiger partial charge in [0.1, 0.15) is 0 Å². The third-order valence-electron chi connectivity index (χ3n) is 1.51. The molecule has 0 saturated heterocycles. The van der Waals surface area contributed by atoms with Crippen molar-refractivity contribution < 1.29 is 0 Å². The summed E-state index contributed by atoms with van der Waals surface area (Å²) in [6.07, 6.45) is 0.854. The number of halogens is 3. The van der Waals surface area contributed by atoms with Crippen LogP contribution in [0, 0.1) is 0 Å². The van der Waals surface area contributed by atoms with Gasteiger partial charge in [0.25, 0.3) is 0 Å². The van der Waals surface area contributed by atoms with Crippen LogP contribution >= 0.6 is 34.8 Å². The highest BCUT2D eigenvalue weighted by Crippen LogP contribution is 2.32. The van der Waals surface area contributed by atoms with Gasteiger partial charge in [0.15, 0.2) is 0 Å². The Morgan fingerprint density at radius 3 is 2.33 bits per heavy atom. The zero-order valence-corrected chi connectivity index (χ0v) is 9.47. The average Bonchev–Trinajstić information content (AvgIpc) is 2.07. The van der Waals surface area contributed by atoms with Crippen LogP contribution in [0.25, 0.3) is 0 Å². The molecule has 0 aromatic heterocycles. The first-order chi connectivity index (χ1) is 5.66. The summed E-state index contributed by atoms with van der Waals surface area (Å²) in [4.78, 5) is 0. The summed E-state index contributed by atoms with van der Waals surface area (Å²) in [7, 11) is 3.37. The van der Waals surface area contributed by atoms with Crippen LogP contribution < -0.4 is 0 Å². The smallest absolute Gasteiger partial charge is 0.0781 e. The molecule has 63 valence electrons. The van der Waals surface area contributed by atoms with Crippen molar-refractivity contribution in [2.45, 2.75) is 12.5 Å². The van der Waals surface area contributed by atoms with Crippen molar-refractivity contribution in [2.24, 2.45) is 0 Å². The summed E-state index contributed by atoms with van der Waals surface area (Å²) in [5, 5.41) is 1.50. The van der Waals surface area contributed by atoms with E-state index in [4.69, 9.17) is 34.8 Å². The van der Waals surface area contributed by atoms with Crippen molar-refractivity contribution in [1.82, 2.24) is 0 Å². The molecule has 1 aromatic rings. The van der Waals surface area contributed by atoms with Gasteiger partial charge in [-0.05, 0) is 18.1 Å². The van der Waals surface area contributed by atoms with E-state index < -0.39 is 0 Å². The minimum atomic E-state index is 0.441. The Morgan fingerprint density at radius 1 is 1.08 bits per heavy atom. The number of hydrogen-bond acceptors (Lipinski definition) is 0. The molecule has 0 aliphatic rings. The average molecular weight is 237 g/mol. The van der Waals surface area contributed by atoms with Crippen LogP contribution in [0.2, 0.25) is 21.1 Å². The lowest BCUT2D eigenvalue weighted by Crippen LogP contribution is -1.86. The molecule has 0 N–H and O–H groups in total. The molecule has 0 saturated carbocycles. The molecular weight excluding hydrogens is 231 g/mol. The van der Waals surface area contributed by atoms with Gasteiger partial charge in [-0.3, -0.25) is 0 Å². The predicted molar refractivity (Wildman–Crippen MR) is 55.7 cm³/mol. The van der Waals surface area contributed by atoms with Gasteiger partial charge in [0.2, 0.25) is 0 Å². The third-order valence-corrected chi connectivity index (χ3v) is 3.09. The largest absolute Gasteiger partial charge is 0.0827 e. The van der Waals surface area contributed by atoms with Crippen LogP contribution in [0.3, 0.4) is 0 Å². The second-order valence-corrected chi connectivity index (χ2v) is 4.00. The highest BCUT2D eigenvalue weighted by Gasteiger charge is 2.06. The topological polar surface area (TPSA) is 0 Å². The molecule has 1 rings (SSSR count). The molecule has 1 aromatic carbocycles. The van der Waals surface area contributed by atoms with Gasteiger partial charge >= 0.3 is 0 Å². The van der Waals surface area contributed by atoms with E-state index in [0.29, 0.717) is 15.1 Å². The molecule has 0 aliphatic carbocycles. The maximum Gasteiger partial charge on any atom is 0.0781 e. The molecule has 0 heterocycles. The fourth-order valence-corrected chi connectivity index (χ4v) is 1.81. The predicted octanol–water partition coefficient (Wildman–Crippen LogP) is 3.78. The number of benzene rings is 1. The molecular formula is C8H6Cl3Si. The SMILES string of the molecule is [Si]CCc1ccc(Cl)c(Cl)c1Cl. The molecule has 0 fully saturated rings. The molecule has 3 radical (unpaired) electrons. The molecule has 0 amide bonds. The van der Waals surface area contributed by atoms with Crippen molar-refractivity contribution in [1.29, 1.82) is 0 Å². The summed E-state index contributed by atoms with van der Waals surface area (Å²) >= 11 is 17.5. The van der Waals surface area contributed by atoms with Crippen LogP contribution in [-0.2, 0) is 6.42 Å². The van der Waals surface area contributed by atoms with Crippen LogP contribution in [0.5, 0.6) is 0 Å². The summed E-state index contributed by atoms with van der Waals surface area (Å²) in [6, 6.07) is 4.50. The Kier molecular flexibility index (Phi) is 3.91. The minimum absolute atomic E-state index is 0.441. The zero-order chi connectivity index (χ0) is 9.14. The molecule has 0 spiro atoms. The van der Waals surface area contributed by atoms with E-state index in [1.165, 1.54) is 0 Å². The van der Waals surface area contributed by atoms with Crippen LogP contribution in [0.1, 0.15) is 5.56 Å². The van der Waals surface area contributed by atoms with Crippen molar-refractivity contribution >= 4 is 45.0 Å². The lowest BCUT2D eigenvalue weighted by atomic mass is 10.2. The van der Waals surface area contributed by atoms with Crippen molar-refractivity contribution in [3.63, 3.8) is 0 Å². The highest BCUT2D eigenvalue weighted by molar-refractivity contribution is 6.48. The maximum absolute atomic E-state index is 5.94. The second-order valence-electron chi connectivity index (χ2n) is 2.33. The summed E-state index contributed by atoms with van der Waals surface area (Å²) < 4.78 is 0. The third kappa shape index (κ3) is 2.16. The number of rotatable bonds is 2. The van der Waals surface area contributed by atoms with E-state index in [0.717, 1.165) is 18.0 Å². The van der Waals surface area contributed by atoms with Gasteiger partial charge in [0.05, 0.1) is 15.1 Å². The monoisotopic (exact) mass is 235 g/mol. The van der Waals surface area contributed by atoms with E-state index in [9.17, 15) is 0 Å². The van der Waals surface area contributed by atoms with Crippen LogP contribution in [0.4, 0.5) is 0 Å². The van der Waals surface area contributed by atoms with E-state index in [1.807, 2.05) is 6.07 Å². The zero-order valence-electron chi connectivity index (χ0n) is 6.20. The quantitative estimate of drug-likeness (QED) is 0.542. The van der Waals surface area contributed by atoms with Gasteiger partial charge < -0.3 is 0 Å². The van der Waals surface area contributed by atoms with Crippen molar-refractivity contribution in [2.75, 3.05) is 0 Å². The summed E-state index contributed by atoms with van der Waals surface area (Å²) in [5.41, 5.74) is 1.01. The maximum atomic E-state index is 5.94. The Hall–Kier alpha value is 0.307. The van der Waals surface area contributed by atoms with Crippen LogP contribution in [-0.4, -0.2) is 10.2 Å². The van der Waals surface area contributed by atoms with E-state index in [1.54, 1.807) is 6.07 Å². The van der Waals surface area contributed by atoms with Crippen LogP contribution in [0.15, 0.2) is 12.1 Å². The summed E-state index contributed by atoms with van der Waals surface area (Å²) in [5.74, 6) is 0. The molecule has 0 aliphatic heterocycles. The molecule has 0 atom stereocenters. The Labute approximate surface area is 90.2 Å². The standard InChI is InChI=1S/C8H6Cl3Si/c9-6-2-1-5(3-4-12)7(10)8(6)11/h1-2H,3-4H2. The van der Waals surface area contributed by atoms with Crippen molar-refractivity contribution in [3.05, 3.63) is 32.8 Å². The van der Waals surface area contributed by atoms with Gasteiger partial charge in [-0.25, -0.2) is 0 Å². The van der Waals surface area contributed by atoms with E-state index >= 15 is 0 Å². The highest BCUT2D eigenvalue weighted by atomic mass is 35.5. The second kappa shape index (κ2) is 4.52. The Bertz CT molecular complexity index is 286. The normalized spacial score (nSPS) is 10.3. The Balaban J connectivity index is 3.08. The molecule has 0 nitrogen and oxygen atoms in total. The number of hydrogen-bond donors (Lipinski definition) is 0. The fraction of sp³-hybridized carbons (Fsp3) is 0.250. The van der Waals surface area contributed by atoms with Gasteiger partial charge in [-0.1, -0.05) is 46.9 Å². The first-order valence-corrected chi connectivity index (χ1v) is 5.28. The molecule has 0 bridgehead atoms. The van der Waals surface area contributed by atoms with Gasteiger partial charge in [0, 0.05) is 10.2 Å². The molecule has 4 heteroatoms. The first kappa shape index (κ1) is 10.4. The lowest BCUT2D eigenvalue weighted by Gasteiger charge is -2.04. The minimum Gasteiger partial charge on any atom is -0.0827 e. The molecule has 0 unspecified atom stereocenters. The summed E-state index contributed by atoms with van der Waals surface area (Å²) in [6.45, 7) is 0. The van der Waals surface area contributed by atoms with E-state index in [2.05, 4.69) is 10.2 Å². The van der Waals surface area contributed by atoms with Gasteiger partial charge in [-0.2, -0.15) is 0 Å². The first-order valence-electron chi connectivity index (χ1n) is 3.43. The number of aryl methyl sites for hydroxylation is 1. The van der Waals surface area contributed by atoms with E-state index in [-0.39, 0.29) is 0 Å². The lowest BCUT2D eigenvalue weighted by molar-refractivity contribution is 1.13. The van der Waals surface area contributed by atoms with Crippen molar-refractivity contribution in [3.8, 4) is 0 Å². The molecule has 12 heavy (non-hydrogen) atoms. The van der Waals surface area contributed by atoms with Gasteiger partial charge in [-0.15, -0.1) is 0 Å². The fourth-order valence-electron chi connectivity index (χ4n) is 0.894. The Morgan fingerprint density at radius 2 is 1.75 bits per heavy atom.